The SMILES string of the molecule is CN(Cc1nnc2n1CCC2)C(=O)CNC1CCCC1. The van der Waals surface area contributed by atoms with Gasteiger partial charge in [0.05, 0.1) is 13.1 Å². The van der Waals surface area contributed by atoms with Crippen molar-refractivity contribution in [1.82, 2.24) is 25.0 Å². The van der Waals surface area contributed by atoms with Crippen molar-refractivity contribution in [3.05, 3.63) is 11.6 Å². The van der Waals surface area contributed by atoms with Crippen LogP contribution < -0.4 is 5.32 Å². The maximum atomic E-state index is 12.1. The first-order chi connectivity index (χ1) is 9.74. The molecule has 0 bridgehead atoms. The molecule has 1 aliphatic carbocycles. The summed E-state index contributed by atoms with van der Waals surface area (Å²) in [6.07, 6.45) is 7.12. The number of carbonyl (C=O) groups is 1. The van der Waals surface area contributed by atoms with Gasteiger partial charge in [0.25, 0.3) is 0 Å². The predicted molar refractivity (Wildman–Crippen MR) is 75.1 cm³/mol. The highest BCUT2D eigenvalue weighted by Crippen LogP contribution is 2.17. The van der Waals surface area contributed by atoms with Crippen molar-refractivity contribution in [2.75, 3.05) is 13.6 Å². The molecule has 1 aromatic heterocycles. The first-order valence-electron chi connectivity index (χ1n) is 7.62. The second-order valence-electron chi connectivity index (χ2n) is 5.90. The zero-order valence-electron chi connectivity index (χ0n) is 12.1. The Morgan fingerprint density at radius 3 is 2.95 bits per heavy atom. The van der Waals surface area contributed by atoms with E-state index in [1.165, 1.54) is 25.7 Å². The molecule has 1 saturated carbocycles. The van der Waals surface area contributed by atoms with E-state index in [9.17, 15) is 4.79 Å². The van der Waals surface area contributed by atoms with Crippen molar-refractivity contribution >= 4 is 5.91 Å². The molecule has 110 valence electrons. The van der Waals surface area contributed by atoms with Crippen LogP contribution in [0.3, 0.4) is 0 Å². The molecule has 1 N–H and O–H groups in total. The summed E-state index contributed by atoms with van der Waals surface area (Å²) in [5, 5.41) is 11.7. The molecule has 1 amide bonds. The molecule has 1 aromatic rings. The zero-order chi connectivity index (χ0) is 13.9. The number of hydrogen-bond donors (Lipinski definition) is 1. The maximum Gasteiger partial charge on any atom is 0.236 e. The third-order valence-corrected chi connectivity index (χ3v) is 4.39. The van der Waals surface area contributed by atoms with E-state index >= 15 is 0 Å². The third-order valence-electron chi connectivity index (χ3n) is 4.39. The first-order valence-corrected chi connectivity index (χ1v) is 7.62. The Kier molecular flexibility index (Phi) is 4.00. The van der Waals surface area contributed by atoms with Gasteiger partial charge in [0, 0.05) is 26.1 Å². The lowest BCUT2D eigenvalue weighted by Crippen LogP contribution is -2.39. The number of nitrogens with one attached hydrogen (secondary N) is 1. The standard InChI is InChI=1S/C14H23N5O/c1-18(14(20)9-15-11-5-2-3-6-11)10-13-17-16-12-7-4-8-19(12)13/h11,15H,2-10H2,1H3. The molecule has 6 heteroatoms. The Morgan fingerprint density at radius 2 is 2.15 bits per heavy atom. The van der Waals surface area contributed by atoms with E-state index < -0.39 is 0 Å². The highest BCUT2D eigenvalue weighted by Gasteiger charge is 2.21. The van der Waals surface area contributed by atoms with Crippen LogP contribution in [0.2, 0.25) is 0 Å². The van der Waals surface area contributed by atoms with E-state index in [2.05, 4.69) is 20.1 Å². The molecule has 0 spiro atoms. The van der Waals surface area contributed by atoms with Gasteiger partial charge < -0.3 is 14.8 Å². The molecule has 1 aliphatic heterocycles. The van der Waals surface area contributed by atoms with Gasteiger partial charge in [-0.1, -0.05) is 12.8 Å². The number of amides is 1. The molecule has 20 heavy (non-hydrogen) atoms. The second-order valence-corrected chi connectivity index (χ2v) is 5.90. The largest absolute Gasteiger partial charge is 0.337 e. The van der Waals surface area contributed by atoms with Crippen LogP contribution in [0.15, 0.2) is 0 Å². The van der Waals surface area contributed by atoms with Gasteiger partial charge in [0.2, 0.25) is 5.91 Å². The monoisotopic (exact) mass is 277 g/mol. The number of fused-ring (bicyclic) bond motifs is 1. The van der Waals surface area contributed by atoms with Crippen molar-refractivity contribution < 1.29 is 4.79 Å². The summed E-state index contributed by atoms with van der Waals surface area (Å²) >= 11 is 0. The second kappa shape index (κ2) is 5.91. The van der Waals surface area contributed by atoms with Gasteiger partial charge in [0.15, 0.2) is 5.82 Å². The number of carbonyl (C=O) groups excluding carboxylic acids is 1. The summed E-state index contributed by atoms with van der Waals surface area (Å²) < 4.78 is 2.15. The average molecular weight is 277 g/mol. The van der Waals surface area contributed by atoms with Crippen LogP contribution in [-0.4, -0.2) is 45.2 Å². The number of rotatable bonds is 5. The van der Waals surface area contributed by atoms with Crippen LogP contribution in [0.25, 0.3) is 0 Å². The summed E-state index contributed by atoms with van der Waals surface area (Å²) in [6, 6.07) is 0.532. The Bertz CT molecular complexity index is 478. The highest BCUT2D eigenvalue weighted by atomic mass is 16.2. The fraction of sp³-hybridized carbons (Fsp3) is 0.786. The lowest BCUT2D eigenvalue weighted by Gasteiger charge is -2.19. The van der Waals surface area contributed by atoms with Gasteiger partial charge in [-0.25, -0.2) is 0 Å². The van der Waals surface area contributed by atoms with Gasteiger partial charge in [-0.15, -0.1) is 10.2 Å². The fourth-order valence-corrected chi connectivity index (χ4v) is 3.12. The van der Waals surface area contributed by atoms with Gasteiger partial charge in [-0.3, -0.25) is 4.79 Å². The molecule has 6 nitrogen and oxygen atoms in total. The summed E-state index contributed by atoms with van der Waals surface area (Å²) in [5.74, 6) is 2.10. The van der Waals surface area contributed by atoms with Crippen LogP contribution in [0.1, 0.15) is 43.8 Å². The number of aromatic nitrogens is 3. The molecule has 0 unspecified atom stereocenters. The lowest BCUT2D eigenvalue weighted by atomic mass is 10.2. The molecular weight excluding hydrogens is 254 g/mol. The normalized spacial score (nSPS) is 18.4. The van der Waals surface area contributed by atoms with E-state index in [4.69, 9.17) is 0 Å². The summed E-state index contributed by atoms with van der Waals surface area (Å²) in [6.45, 7) is 1.97. The van der Waals surface area contributed by atoms with Crippen LogP contribution in [0.4, 0.5) is 0 Å². The van der Waals surface area contributed by atoms with Crippen molar-refractivity contribution in [2.24, 2.45) is 0 Å². The van der Waals surface area contributed by atoms with Gasteiger partial charge >= 0.3 is 0 Å². The Hall–Kier alpha value is -1.43. The van der Waals surface area contributed by atoms with Crippen LogP contribution in [-0.2, 0) is 24.3 Å². The topological polar surface area (TPSA) is 63.1 Å². The minimum Gasteiger partial charge on any atom is -0.337 e. The van der Waals surface area contributed by atoms with Crippen molar-refractivity contribution in [3.8, 4) is 0 Å². The van der Waals surface area contributed by atoms with Crippen LogP contribution in [0, 0.1) is 0 Å². The van der Waals surface area contributed by atoms with Crippen molar-refractivity contribution in [1.29, 1.82) is 0 Å². The number of hydrogen-bond acceptors (Lipinski definition) is 4. The van der Waals surface area contributed by atoms with E-state index in [0.717, 1.165) is 31.0 Å². The molecular formula is C14H23N5O. The summed E-state index contributed by atoms with van der Waals surface area (Å²) in [7, 11) is 1.84. The first kappa shape index (κ1) is 13.5. The minimum atomic E-state index is 0.132. The molecule has 0 atom stereocenters. The smallest absolute Gasteiger partial charge is 0.236 e. The number of likely N-dealkylation sites (N-methyl/N-ethyl adjacent to an activating group) is 1. The minimum absolute atomic E-state index is 0.132. The molecule has 1 fully saturated rings. The van der Waals surface area contributed by atoms with Crippen LogP contribution in [0.5, 0.6) is 0 Å². The number of nitrogens with zero attached hydrogens (tertiary/aromatic N) is 4. The van der Waals surface area contributed by atoms with Crippen molar-refractivity contribution in [2.45, 2.75) is 57.7 Å². The summed E-state index contributed by atoms with van der Waals surface area (Å²) in [4.78, 5) is 13.9. The lowest BCUT2D eigenvalue weighted by molar-refractivity contribution is -0.129. The highest BCUT2D eigenvalue weighted by molar-refractivity contribution is 5.77. The fourth-order valence-electron chi connectivity index (χ4n) is 3.12. The van der Waals surface area contributed by atoms with E-state index in [-0.39, 0.29) is 5.91 Å². The molecule has 0 aromatic carbocycles. The molecule has 0 saturated heterocycles. The van der Waals surface area contributed by atoms with E-state index in [0.29, 0.717) is 19.1 Å². The number of aryl methyl sites for hydroxylation is 1. The van der Waals surface area contributed by atoms with Crippen molar-refractivity contribution in [3.63, 3.8) is 0 Å². The Labute approximate surface area is 119 Å². The van der Waals surface area contributed by atoms with Gasteiger partial charge in [-0.2, -0.15) is 0 Å². The quantitative estimate of drug-likeness (QED) is 0.861. The van der Waals surface area contributed by atoms with Gasteiger partial charge in [-0.05, 0) is 19.3 Å². The summed E-state index contributed by atoms with van der Waals surface area (Å²) in [5.41, 5.74) is 0. The molecule has 3 rings (SSSR count). The van der Waals surface area contributed by atoms with Crippen LogP contribution >= 0.6 is 0 Å². The van der Waals surface area contributed by atoms with E-state index in [1.54, 1.807) is 4.90 Å². The maximum absolute atomic E-state index is 12.1. The Balaban J connectivity index is 1.50. The molecule has 2 heterocycles. The predicted octanol–water partition coefficient (Wildman–Crippen LogP) is 0.715. The third kappa shape index (κ3) is 2.85. The van der Waals surface area contributed by atoms with E-state index in [1.807, 2.05) is 7.05 Å². The van der Waals surface area contributed by atoms with Gasteiger partial charge in [0.1, 0.15) is 5.82 Å². The Morgan fingerprint density at radius 1 is 1.35 bits per heavy atom. The zero-order valence-corrected chi connectivity index (χ0v) is 12.1. The molecule has 0 radical (unpaired) electrons. The average Bonchev–Trinajstić information content (AvgIpc) is 3.15. The molecule has 2 aliphatic rings.